The second-order valence-corrected chi connectivity index (χ2v) is 8.24. The van der Waals surface area contributed by atoms with Gasteiger partial charge in [-0.05, 0) is 57.7 Å². The Hall–Kier alpha value is -2.47. The third-order valence-corrected chi connectivity index (χ3v) is 6.04. The molecule has 1 aromatic heterocycles. The molecular formula is C23H30N4O2. The van der Waals surface area contributed by atoms with E-state index in [-0.39, 0.29) is 5.91 Å². The van der Waals surface area contributed by atoms with Gasteiger partial charge < -0.3 is 15.0 Å². The van der Waals surface area contributed by atoms with Crippen molar-refractivity contribution in [3.63, 3.8) is 0 Å². The van der Waals surface area contributed by atoms with Gasteiger partial charge in [0.2, 0.25) is 0 Å². The lowest BCUT2D eigenvalue weighted by atomic mass is 9.95. The minimum absolute atomic E-state index is 0.154. The molecule has 0 spiro atoms. The molecule has 1 aromatic carbocycles. The van der Waals surface area contributed by atoms with Gasteiger partial charge in [-0.25, -0.2) is 9.97 Å². The molecule has 0 atom stereocenters. The van der Waals surface area contributed by atoms with Crippen LogP contribution in [0.3, 0.4) is 0 Å². The molecule has 4 rings (SSSR count). The van der Waals surface area contributed by atoms with Crippen LogP contribution in [0.1, 0.15) is 59.0 Å². The molecule has 1 saturated carbocycles. The third kappa shape index (κ3) is 4.93. The second-order valence-electron chi connectivity index (χ2n) is 8.24. The van der Waals surface area contributed by atoms with Crippen molar-refractivity contribution >= 4 is 5.91 Å². The number of carbonyl (C=O) groups excluding carboxylic acids is 1. The Morgan fingerprint density at radius 3 is 2.66 bits per heavy atom. The summed E-state index contributed by atoms with van der Waals surface area (Å²) in [4.78, 5) is 24.5. The van der Waals surface area contributed by atoms with Gasteiger partial charge in [0.15, 0.2) is 0 Å². The molecule has 1 aliphatic carbocycles. The number of nitrogens with zero attached hydrogens (tertiary/aromatic N) is 3. The fourth-order valence-corrected chi connectivity index (χ4v) is 4.06. The Bertz CT molecular complexity index is 858. The largest absolute Gasteiger partial charge is 0.496 e. The van der Waals surface area contributed by atoms with Crippen molar-refractivity contribution in [1.29, 1.82) is 0 Å². The quantitative estimate of drug-likeness (QED) is 0.780. The number of hydrogen-bond donors (Lipinski definition) is 1. The Kier molecular flexibility index (Phi) is 6.09. The number of ether oxygens (including phenoxy) is 1. The van der Waals surface area contributed by atoms with Gasteiger partial charge in [-0.1, -0.05) is 18.2 Å². The molecular weight excluding hydrogens is 364 g/mol. The molecule has 1 N–H and O–H groups in total. The highest BCUT2D eigenvalue weighted by Gasteiger charge is 2.28. The summed E-state index contributed by atoms with van der Waals surface area (Å²) in [5.74, 6) is 2.84. The van der Waals surface area contributed by atoms with Gasteiger partial charge in [0.1, 0.15) is 11.6 Å². The molecule has 0 bridgehead atoms. The molecule has 6 heteroatoms. The lowest BCUT2D eigenvalue weighted by Gasteiger charge is -2.31. The van der Waals surface area contributed by atoms with Gasteiger partial charge in [0, 0.05) is 30.8 Å². The first-order chi connectivity index (χ1) is 14.1. The number of amides is 1. The van der Waals surface area contributed by atoms with Crippen LogP contribution in [0.5, 0.6) is 5.75 Å². The first-order valence-electron chi connectivity index (χ1n) is 10.6. The molecule has 29 heavy (non-hydrogen) atoms. The van der Waals surface area contributed by atoms with E-state index in [1.807, 2.05) is 31.2 Å². The number of aryl methyl sites for hydroxylation is 1. The molecule has 0 unspecified atom stereocenters. The molecule has 2 aromatic rings. The number of rotatable bonds is 7. The minimum Gasteiger partial charge on any atom is -0.496 e. The number of methoxy groups -OCH3 is 1. The van der Waals surface area contributed by atoms with E-state index in [9.17, 15) is 4.79 Å². The number of carbonyl (C=O) groups is 1. The minimum atomic E-state index is -0.154. The van der Waals surface area contributed by atoms with Gasteiger partial charge in [-0.3, -0.25) is 4.79 Å². The normalized spacial score (nSPS) is 17.9. The van der Waals surface area contributed by atoms with Crippen LogP contribution >= 0.6 is 0 Å². The molecule has 154 valence electrons. The highest BCUT2D eigenvalue weighted by Crippen LogP contribution is 2.32. The van der Waals surface area contributed by atoms with Crippen LogP contribution in [0.15, 0.2) is 30.5 Å². The SMILES string of the molecule is COc1ccccc1CNC(=O)c1cnc(C2CCN(CC3CC3)CC2)nc1C. The average molecular weight is 395 g/mol. The standard InChI is InChI=1S/C23H30N4O2/c1-16-20(23(28)25-13-19-5-3-4-6-21(19)29-2)14-24-22(26-16)18-9-11-27(12-10-18)15-17-7-8-17/h3-6,14,17-18H,7-13,15H2,1-2H3,(H,25,28). The lowest BCUT2D eigenvalue weighted by molar-refractivity contribution is 0.0949. The number of aromatic nitrogens is 2. The predicted molar refractivity (Wildman–Crippen MR) is 112 cm³/mol. The van der Waals surface area contributed by atoms with E-state index in [2.05, 4.69) is 20.2 Å². The van der Waals surface area contributed by atoms with Crippen LogP contribution in [-0.4, -0.2) is 47.5 Å². The van der Waals surface area contributed by atoms with Crippen molar-refractivity contribution in [2.24, 2.45) is 5.92 Å². The maximum atomic E-state index is 12.6. The average Bonchev–Trinajstić information content (AvgIpc) is 3.56. The van der Waals surface area contributed by atoms with Crippen LogP contribution in [-0.2, 0) is 6.54 Å². The Balaban J connectivity index is 1.35. The Morgan fingerprint density at radius 1 is 1.21 bits per heavy atom. The van der Waals surface area contributed by atoms with Gasteiger partial charge in [0.25, 0.3) is 5.91 Å². The van der Waals surface area contributed by atoms with Crippen molar-refractivity contribution in [3.05, 3.63) is 53.1 Å². The zero-order valence-corrected chi connectivity index (χ0v) is 17.4. The van der Waals surface area contributed by atoms with Crippen LogP contribution in [0, 0.1) is 12.8 Å². The maximum Gasteiger partial charge on any atom is 0.254 e. The third-order valence-electron chi connectivity index (χ3n) is 6.04. The number of para-hydroxylation sites is 1. The summed E-state index contributed by atoms with van der Waals surface area (Å²) >= 11 is 0. The van der Waals surface area contributed by atoms with Crippen molar-refractivity contribution < 1.29 is 9.53 Å². The zero-order chi connectivity index (χ0) is 20.2. The second kappa shape index (κ2) is 8.91. The smallest absolute Gasteiger partial charge is 0.254 e. The van der Waals surface area contributed by atoms with Gasteiger partial charge in [0.05, 0.1) is 18.4 Å². The highest BCUT2D eigenvalue weighted by atomic mass is 16.5. The van der Waals surface area contributed by atoms with E-state index in [0.29, 0.717) is 18.0 Å². The Labute approximate surface area is 172 Å². The van der Waals surface area contributed by atoms with Crippen molar-refractivity contribution in [2.75, 3.05) is 26.7 Å². The predicted octanol–water partition coefficient (Wildman–Crippen LogP) is 3.31. The molecule has 1 aliphatic heterocycles. The lowest BCUT2D eigenvalue weighted by Crippen LogP contribution is -2.35. The highest BCUT2D eigenvalue weighted by molar-refractivity contribution is 5.94. The number of likely N-dealkylation sites (tertiary alicyclic amines) is 1. The van der Waals surface area contributed by atoms with E-state index in [1.165, 1.54) is 19.4 Å². The number of piperidine rings is 1. The molecule has 0 radical (unpaired) electrons. The number of benzene rings is 1. The summed E-state index contributed by atoms with van der Waals surface area (Å²) in [5.41, 5.74) is 2.22. The summed E-state index contributed by atoms with van der Waals surface area (Å²) < 4.78 is 5.34. The summed E-state index contributed by atoms with van der Waals surface area (Å²) in [6.45, 7) is 5.82. The molecule has 1 amide bonds. The maximum absolute atomic E-state index is 12.6. The van der Waals surface area contributed by atoms with E-state index < -0.39 is 0 Å². The monoisotopic (exact) mass is 394 g/mol. The number of hydrogen-bond acceptors (Lipinski definition) is 5. The number of nitrogens with one attached hydrogen (secondary N) is 1. The van der Waals surface area contributed by atoms with E-state index >= 15 is 0 Å². The first kappa shape index (κ1) is 19.8. The fourth-order valence-electron chi connectivity index (χ4n) is 4.06. The van der Waals surface area contributed by atoms with Gasteiger partial charge in [-0.15, -0.1) is 0 Å². The summed E-state index contributed by atoms with van der Waals surface area (Å²) in [5, 5.41) is 2.95. The van der Waals surface area contributed by atoms with Crippen molar-refractivity contribution in [2.45, 2.75) is 45.1 Å². The van der Waals surface area contributed by atoms with Crippen LogP contribution in [0.4, 0.5) is 0 Å². The molecule has 1 saturated heterocycles. The van der Waals surface area contributed by atoms with Gasteiger partial charge >= 0.3 is 0 Å². The van der Waals surface area contributed by atoms with E-state index in [1.54, 1.807) is 13.3 Å². The molecule has 2 fully saturated rings. The fraction of sp³-hybridized carbons (Fsp3) is 0.522. The van der Waals surface area contributed by atoms with Crippen LogP contribution in [0.25, 0.3) is 0 Å². The zero-order valence-electron chi connectivity index (χ0n) is 17.4. The van der Waals surface area contributed by atoms with Crippen molar-refractivity contribution in [3.8, 4) is 5.75 Å². The summed E-state index contributed by atoms with van der Waals surface area (Å²) in [6.07, 6.45) is 6.70. The summed E-state index contributed by atoms with van der Waals surface area (Å²) in [7, 11) is 1.63. The first-order valence-corrected chi connectivity index (χ1v) is 10.6. The van der Waals surface area contributed by atoms with Crippen molar-refractivity contribution in [1.82, 2.24) is 20.2 Å². The van der Waals surface area contributed by atoms with E-state index in [4.69, 9.17) is 4.74 Å². The molecule has 2 aliphatic rings. The molecule has 2 heterocycles. The topological polar surface area (TPSA) is 67.3 Å². The van der Waals surface area contributed by atoms with Crippen LogP contribution in [0.2, 0.25) is 0 Å². The van der Waals surface area contributed by atoms with Crippen LogP contribution < -0.4 is 10.1 Å². The van der Waals surface area contributed by atoms with Gasteiger partial charge in [-0.2, -0.15) is 0 Å². The molecule has 6 nitrogen and oxygen atoms in total. The Morgan fingerprint density at radius 2 is 1.97 bits per heavy atom. The van der Waals surface area contributed by atoms with E-state index in [0.717, 1.165) is 54.7 Å². The summed E-state index contributed by atoms with van der Waals surface area (Å²) in [6, 6.07) is 7.68.